The molecule has 0 bridgehead atoms. The van der Waals surface area contributed by atoms with Crippen LogP contribution in [0.15, 0.2) is 42.5 Å². The molecule has 21 heavy (non-hydrogen) atoms. The summed E-state index contributed by atoms with van der Waals surface area (Å²) < 4.78 is 19.7. The SMILES string of the molecule is CCCNCc1c(F)cccc1Oc1cccc(CO)c1. The van der Waals surface area contributed by atoms with Crippen molar-refractivity contribution >= 4 is 0 Å². The van der Waals surface area contributed by atoms with Crippen LogP contribution >= 0.6 is 0 Å². The largest absolute Gasteiger partial charge is 0.457 e. The van der Waals surface area contributed by atoms with E-state index in [1.165, 1.54) is 6.07 Å². The molecule has 4 heteroatoms. The molecule has 2 aromatic rings. The first-order valence-electron chi connectivity index (χ1n) is 7.10. The van der Waals surface area contributed by atoms with E-state index in [-0.39, 0.29) is 12.4 Å². The molecule has 2 aromatic carbocycles. The molecule has 0 saturated carbocycles. The van der Waals surface area contributed by atoms with Crippen LogP contribution < -0.4 is 10.1 Å². The van der Waals surface area contributed by atoms with Crippen molar-refractivity contribution < 1.29 is 14.2 Å². The topological polar surface area (TPSA) is 41.5 Å². The normalized spacial score (nSPS) is 10.6. The third-order valence-corrected chi connectivity index (χ3v) is 3.11. The highest BCUT2D eigenvalue weighted by molar-refractivity contribution is 5.39. The van der Waals surface area contributed by atoms with Gasteiger partial charge < -0.3 is 15.2 Å². The minimum Gasteiger partial charge on any atom is -0.457 e. The standard InChI is InChI=1S/C17H20FNO2/c1-2-9-19-11-15-16(18)7-4-8-17(15)21-14-6-3-5-13(10-14)12-20/h3-8,10,19-20H,2,9,11-12H2,1H3. The van der Waals surface area contributed by atoms with E-state index in [1.54, 1.807) is 30.3 Å². The van der Waals surface area contributed by atoms with Gasteiger partial charge in [-0.3, -0.25) is 0 Å². The van der Waals surface area contributed by atoms with E-state index in [2.05, 4.69) is 12.2 Å². The monoisotopic (exact) mass is 289 g/mol. The summed E-state index contributed by atoms with van der Waals surface area (Å²) >= 11 is 0. The highest BCUT2D eigenvalue weighted by Crippen LogP contribution is 2.27. The highest BCUT2D eigenvalue weighted by atomic mass is 19.1. The van der Waals surface area contributed by atoms with Crippen LogP contribution in [0, 0.1) is 5.82 Å². The number of benzene rings is 2. The quantitative estimate of drug-likeness (QED) is 0.765. The molecule has 0 spiro atoms. The van der Waals surface area contributed by atoms with Gasteiger partial charge in [0.2, 0.25) is 0 Å². The predicted octanol–water partition coefficient (Wildman–Crippen LogP) is 3.61. The van der Waals surface area contributed by atoms with Gasteiger partial charge in [-0.2, -0.15) is 0 Å². The van der Waals surface area contributed by atoms with Crippen LogP contribution in [-0.4, -0.2) is 11.7 Å². The van der Waals surface area contributed by atoms with Crippen molar-refractivity contribution in [3.8, 4) is 11.5 Å². The lowest BCUT2D eigenvalue weighted by atomic mass is 10.1. The zero-order chi connectivity index (χ0) is 15.1. The van der Waals surface area contributed by atoms with E-state index in [4.69, 9.17) is 9.84 Å². The van der Waals surface area contributed by atoms with E-state index in [0.717, 1.165) is 18.5 Å². The molecule has 0 atom stereocenters. The maximum Gasteiger partial charge on any atom is 0.134 e. The zero-order valence-electron chi connectivity index (χ0n) is 12.1. The van der Waals surface area contributed by atoms with Gasteiger partial charge in [-0.05, 0) is 42.8 Å². The Kier molecular flexibility index (Phi) is 5.72. The lowest BCUT2D eigenvalue weighted by Gasteiger charge is -2.13. The summed E-state index contributed by atoms with van der Waals surface area (Å²) in [7, 11) is 0. The van der Waals surface area contributed by atoms with Gasteiger partial charge in [-0.1, -0.05) is 25.1 Å². The Morgan fingerprint density at radius 2 is 2.00 bits per heavy atom. The summed E-state index contributed by atoms with van der Waals surface area (Å²) in [6, 6.07) is 11.9. The fraction of sp³-hybridized carbons (Fsp3) is 0.294. The molecule has 0 heterocycles. The molecule has 0 aliphatic carbocycles. The van der Waals surface area contributed by atoms with E-state index in [9.17, 15) is 4.39 Å². The first-order valence-corrected chi connectivity index (χ1v) is 7.10. The summed E-state index contributed by atoms with van der Waals surface area (Å²) in [5.74, 6) is 0.798. The Morgan fingerprint density at radius 3 is 2.76 bits per heavy atom. The number of halogens is 1. The number of aliphatic hydroxyl groups is 1. The van der Waals surface area contributed by atoms with Crippen LogP contribution in [0.25, 0.3) is 0 Å². The van der Waals surface area contributed by atoms with Crippen LogP contribution in [0.4, 0.5) is 4.39 Å². The van der Waals surface area contributed by atoms with Gasteiger partial charge in [0.05, 0.1) is 6.61 Å². The lowest BCUT2D eigenvalue weighted by Crippen LogP contribution is -2.15. The van der Waals surface area contributed by atoms with Gasteiger partial charge in [-0.25, -0.2) is 4.39 Å². The van der Waals surface area contributed by atoms with Gasteiger partial charge >= 0.3 is 0 Å². The van der Waals surface area contributed by atoms with Crippen molar-refractivity contribution in [2.45, 2.75) is 26.5 Å². The second-order valence-corrected chi connectivity index (χ2v) is 4.80. The van der Waals surface area contributed by atoms with Crippen LogP contribution in [-0.2, 0) is 13.2 Å². The molecule has 0 fully saturated rings. The summed E-state index contributed by atoms with van der Waals surface area (Å²) in [5, 5.41) is 12.3. The van der Waals surface area contributed by atoms with E-state index in [1.807, 2.05) is 6.07 Å². The second kappa shape index (κ2) is 7.76. The Bertz CT molecular complexity index is 587. The van der Waals surface area contributed by atoms with Gasteiger partial charge in [0.1, 0.15) is 17.3 Å². The smallest absolute Gasteiger partial charge is 0.134 e. The van der Waals surface area contributed by atoms with E-state index >= 15 is 0 Å². The number of hydrogen-bond acceptors (Lipinski definition) is 3. The lowest BCUT2D eigenvalue weighted by molar-refractivity contribution is 0.281. The Morgan fingerprint density at radius 1 is 1.19 bits per heavy atom. The first kappa shape index (κ1) is 15.5. The van der Waals surface area contributed by atoms with E-state index in [0.29, 0.717) is 23.6 Å². The third-order valence-electron chi connectivity index (χ3n) is 3.11. The molecule has 0 aliphatic heterocycles. The molecule has 112 valence electrons. The maximum atomic E-state index is 14.0. The number of rotatable bonds is 7. The van der Waals surface area contributed by atoms with Crippen LogP contribution in [0.1, 0.15) is 24.5 Å². The number of hydrogen-bond donors (Lipinski definition) is 2. The fourth-order valence-corrected chi connectivity index (χ4v) is 2.03. The zero-order valence-corrected chi connectivity index (χ0v) is 12.1. The van der Waals surface area contributed by atoms with Crippen LogP contribution in [0.5, 0.6) is 11.5 Å². The Hall–Kier alpha value is -1.91. The van der Waals surface area contributed by atoms with Crippen molar-refractivity contribution in [1.29, 1.82) is 0 Å². The molecule has 0 radical (unpaired) electrons. The van der Waals surface area contributed by atoms with Crippen LogP contribution in [0.3, 0.4) is 0 Å². The van der Waals surface area contributed by atoms with Crippen molar-refractivity contribution in [2.75, 3.05) is 6.54 Å². The summed E-state index contributed by atoms with van der Waals surface area (Å²) in [6.45, 7) is 3.26. The minimum atomic E-state index is -0.283. The van der Waals surface area contributed by atoms with Crippen LogP contribution in [0.2, 0.25) is 0 Å². The summed E-state index contributed by atoms with van der Waals surface area (Å²) in [6.07, 6.45) is 0.989. The second-order valence-electron chi connectivity index (χ2n) is 4.80. The number of nitrogens with one attached hydrogen (secondary N) is 1. The molecule has 2 N–H and O–H groups in total. The van der Waals surface area contributed by atoms with Gasteiger partial charge in [0.15, 0.2) is 0 Å². The Labute approximate surface area is 124 Å². The molecule has 0 aliphatic rings. The molecule has 2 rings (SSSR count). The molecular weight excluding hydrogens is 269 g/mol. The highest BCUT2D eigenvalue weighted by Gasteiger charge is 2.10. The maximum absolute atomic E-state index is 14.0. The number of ether oxygens (including phenoxy) is 1. The Balaban J connectivity index is 2.20. The molecular formula is C17H20FNO2. The van der Waals surface area contributed by atoms with Crippen molar-refractivity contribution in [3.05, 3.63) is 59.4 Å². The third kappa shape index (κ3) is 4.28. The van der Waals surface area contributed by atoms with Crippen molar-refractivity contribution in [1.82, 2.24) is 5.32 Å². The molecule has 0 saturated heterocycles. The van der Waals surface area contributed by atoms with E-state index < -0.39 is 0 Å². The average molecular weight is 289 g/mol. The molecule has 3 nitrogen and oxygen atoms in total. The molecule has 0 aromatic heterocycles. The summed E-state index contributed by atoms with van der Waals surface area (Å²) in [5.41, 5.74) is 1.27. The van der Waals surface area contributed by atoms with Crippen molar-refractivity contribution in [3.63, 3.8) is 0 Å². The molecule has 0 unspecified atom stereocenters. The number of aliphatic hydroxyl groups excluding tert-OH is 1. The van der Waals surface area contributed by atoms with Crippen molar-refractivity contribution in [2.24, 2.45) is 0 Å². The van der Waals surface area contributed by atoms with Gasteiger partial charge in [0.25, 0.3) is 0 Å². The minimum absolute atomic E-state index is 0.0503. The summed E-state index contributed by atoms with van der Waals surface area (Å²) in [4.78, 5) is 0. The average Bonchev–Trinajstić information content (AvgIpc) is 2.50. The van der Waals surface area contributed by atoms with Gasteiger partial charge in [-0.15, -0.1) is 0 Å². The molecule has 0 amide bonds. The fourth-order valence-electron chi connectivity index (χ4n) is 2.03. The predicted molar refractivity (Wildman–Crippen MR) is 80.8 cm³/mol. The first-order chi connectivity index (χ1) is 10.2. The van der Waals surface area contributed by atoms with Gasteiger partial charge in [0, 0.05) is 12.1 Å².